The van der Waals surface area contributed by atoms with Gasteiger partial charge in [-0.1, -0.05) is 6.92 Å². The summed E-state index contributed by atoms with van der Waals surface area (Å²) < 4.78 is 5.08. The van der Waals surface area contributed by atoms with Crippen LogP contribution in [0.1, 0.15) is 26.5 Å². The van der Waals surface area contributed by atoms with Crippen LogP contribution in [0.3, 0.4) is 0 Å². The van der Waals surface area contributed by atoms with Crippen molar-refractivity contribution in [3.05, 3.63) is 18.1 Å². The quantitative estimate of drug-likeness (QED) is 0.791. The molecule has 18 heavy (non-hydrogen) atoms. The molecule has 1 unspecified atom stereocenters. The third kappa shape index (κ3) is 4.01. The number of nitriles is 1. The average Bonchev–Trinajstić information content (AvgIpc) is 2.35. The third-order valence-corrected chi connectivity index (χ3v) is 2.13. The summed E-state index contributed by atoms with van der Waals surface area (Å²) >= 11 is 0. The van der Waals surface area contributed by atoms with E-state index in [0.717, 1.165) is 0 Å². The molecule has 0 saturated carbocycles. The van der Waals surface area contributed by atoms with Gasteiger partial charge in [-0.15, -0.1) is 0 Å². The molecule has 0 saturated heterocycles. The van der Waals surface area contributed by atoms with Crippen molar-refractivity contribution in [2.24, 2.45) is 5.92 Å². The zero-order valence-electron chi connectivity index (χ0n) is 10.7. The first-order chi connectivity index (χ1) is 8.54. The number of carbonyl (C=O) groups excluding carboxylic acids is 1. The molecule has 0 aliphatic carbocycles. The minimum Gasteiger partial charge on any atom is -0.463 e. The maximum atomic E-state index is 11.6. The molecular weight excluding hydrogens is 232 g/mol. The Kier molecular flexibility index (Phi) is 5.06. The molecule has 96 valence electrons. The molecule has 0 amide bonds. The molecule has 6 nitrogen and oxygen atoms in total. The van der Waals surface area contributed by atoms with Gasteiger partial charge >= 0.3 is 5.97 Å². The second-order valence-corrected chi connectivity index (χ2v) is 4.13. The fourth-order valence-corrected chi connectivity index (χ4v) is 1.23. The second kappa shape index (κ2) is 6.55. The molecule has 1 heterocycles. The lowest BCUT2D eigenvalue weighted by molar-refractivity contribution is -0.151. The van der Waals surface area contributed by atoms with Gasteiger partial charge in [0.1, 0.15) is 6.07 Å². The first kappa shape index (κ1) is 13.9. The Morgan fingerprint density at radius 1 is 1.44 bits per heavy atom. The predicted molar refractivity (Wildman–Crippen MR) is 65.6 cm³/mol. The number of hydrogen-bond acceptors (Lipinski definition) is 6. The topological polar surface area (TPSA) is 87.9 Å². The fourth-order valence-electron chi connectivity index (χ4n) is 1.23. The smallest absolute Gasteiger partial charge is 0.310 e. The van der Waals surface area contributed by atoms with Crippen LogP contribution in [0.4, 0.5) is 5.82 Å². The molecule has 0 fully saturated rings. The maximum Gasteiger partial charge on any atom is 0.310 e. The molecule has 1 N–H and O–H groups in total. The van der Waals surface area contributed by atoms with Gasteiger partial charge in [-0.05, 0) is 13.8 Å². The van der Waals surface area contributed by atoms with Gasteiger partial charge in [-0.2, -0.15) is 5.26 Å². The van der Waals surface area contributed by atoms with E-state index in [0.29, 0.717) is 12.4 Å². The number of aromatic nitrogens is 2. The van der Waals surface area contributed by atoms with E-state index < -0.39 is 0 Å². The van der Waals surface area contributed by atoms with Gasteiger partial charge < -0.3 is 10.1 Å². The first-order valence-electron chi connectivity index (χ1n) is 5.70. The Balaban J connectivity index is 2.55. The van der Waals surface area contributed by atoms with Gasteiger partial charge in [0, 0.05) is 18.9 Å². The van der Waals surface area contributed by atoms with Gasteiger partial charge in [0.2, 0.25) is 0 Å². The number of ether oxygens (including phenoxy) is 1. The number of nitrogens with zero attached hydrogens (tertiary/aromatic N) is 3. The minimum atomic E-state index is -0.319. The van der Waals surface area contributed by atoms with Gasteiger partial charge in [0.05, 0.1) is 12.0 Å². The van der Waals surface area contributed by atoms with E-state index in [4.69, 9.17) is 10.00 Å². The summed E-state index contributed by atoms with van der Waals surface area (Å²) in [4.78, 5) is 19.4. The lowest BCUT2D eigenvalue weighted by atomic mass is 10.2. The van der Waals surface area contributed by atoms with Gasteiger partial charge in [-0.25, -0.2) is 9.97 Å². The van der Waals surface area contributed by atoms with Gasteiger partial charge in [-0.3, -0.25) is 4.79 Å². The Morgan fingerprint density at radius 2 is 2.11 bits per heavy atom. The van der Waals surface area contributed by atoms with Crippen LogP contribution >= 0.6 is 0 Å². The maximum absolute atomic E-state index is 11.6. The van der Waals surface area contributed by atoms with Crippen LogP contribution in [0.2, 0.25) is 0 Å². The number of esters is 1. The Morgan fingerprint density at radius 3 is 2.72 bits per heavy atom. The standard InChI is InChI=1S/C12H16N4O2/c1-8(2)18-12(17)9(3)7-16-11-10(6-13)14-4-5-15-11/h4-5,8-9H,7H2,1-3H3,(H,15,16). The number of carbonyl (C=O) groups is 1. The van der Waals surface area contributed by atoms with Crippen LogP contribution in [-0.4, -0.2) is 28.6 Å². The summed E-state index contributed by atoms with van der Waals surface area (Å²) in [6.45, 7) is 5.70. The van der Waals surface area contributed by atoms with Crippen molar-refractivity contribution in [2.75, 3.05) is 11.9 Å². The van der Waals surface area contributed by atoms with E-state index in [2.05, 4.69) is 15.3 Å². The van der Waals surface area contributed by atoms with E-state index >= 15 is 0 Å². The van der Waals surface area contributed by atoms with Crippen molar-refractivity contribution in [2.45, 2.75) is 26.9 Å². The summed E-state index contributed by atoms with van der Waals surface area (Å²) in [5.74, 6) is -0.218. The fraction of sp³-hybridized carbons (Fsp3) is 0.500. The highest BCUT2D eigenvalue weighted by molar-refractivity contribution is 5.73. The molecule has 0 bridgehead atoms. The van der Waals surface area contributed by atoms with Crippen molar-refractivity contribution in [3.8, 4) is 6.07 Å². The SMILES string of the molecule is CC(C)OC(=O)C(C)CNc1nccnc1C#N. The van der Waals surface area contributed by atoms with E-state index in [9.17, 15) is 4.79 Å². The van der Waals surface area contributed by atoms with Crippen molar-refractivity contribution in [3.63, 3.8) is 0 Å². The molecule has 6 heteroatoms. The monoisotopic (exact) mass is 248 g/mol. The van der Waals surface area contributed by atoms with Crippen LogP contribution < -0.4 is 5.32 Å². The highest BCUT2D eigenvalue weighted by Gasteiger charge is 2.16. The van der Waals surface area contributed by atoms with Crippen molar-refractivity contribution in [1.82, 2.24) is 9.97 Å². The average molecular weight is 248 g/mol. The zero-order valence-corrected chi connectivity index (χ0v) is 10.7. The van der Waals surface area contributed by atoms with Gasteiger partial charge in [0.25, 0.3) is 0 Å². The Hall–Kier alpha value is -2.16. The molecule has 1 aromatic rings. The largest absolute Gasteiger partial charge is 0.463 e. The summed E-state index contributed by atoms with van der Waals surface area (Å²) in [6.07, 6.45) is 2.80. The summed E-state index contributed by atoms with van der Waals surface area (Å²) in [6, 6.07) is 1.93. The van der Waals surface area contributed by atoms with Crippen molar-refractivity contribution >= 4 is 11.8 Å². The zero-order chi connectivity index (χ0) is 13.5. The van der Waals surface area contributed by atoms with Crippen LogP contribution in [0, 0.1) is 17.2 Å². The molecule has 0 radical (unpaired) electrons. The van der Waals surface area contributed by atoms with E-state index in [1.807, 2.05) is 6.07 Å². The number of hydrogen-bond donors (Lipinski definition) is 1. The summed E-state index contributed by atoms with van der Waals surface area (Å²) in [5.41, 5.74) is 0.210. The number of nitrogens with one attached hydrogen (secondary N) is 1. The molecule has 1 rings (SSSR count). The number of anilines is 1. The lowest BCUT2D eigenvalue weighted by Crippen LogP contribution is -2.25. The van der Waals surface area contributed by atoms with Crippen LogP contribution in [0.15, 0.2) is 12.4 Å². The van der Waals surface area contributed by atoms with Crippen LogP contribution in [0.25, 0.3) is 0 Å². The Labute approximate surface area is 106 Å². The van der Waals surface area contributed by atoms with Crippen LogP contribution in [-0.2, 0) is 9.53 Å². The molecule has 0 spiro atoms. The van der Waals surface area contributed by atoms with Crippen molar-refractivity contribution in [1.29, 1.82) is 5.26 Å². The van der Waals surface area contributed by atoms with E-state index in [-0.39, 0.29) is 23.7 Å². The molecule has 1 aromatic heterocycles. The molecule has 0 aliphatic rings. The van der Waals surface area contributed by atoms with Crippen molar-refractivity contribution < 1.29 is 9.53 Å². The van der Waals surface area contributed by atoms with E-state index in [1.54, 1.807) is 20.8 Å². The Bertz CT molecular complexity index is 454. The normalized spacial score (nSPS) is 11.7. The highest BCUT2D eigenvalue weighted by Crippen LogP contribution is 2.08. The molecule has 0 aliphatic heterocycles. The molecule has 0 aromatic carbocycles. The van der Waals surface area contributed by atoms with E-state index in [1.165, 1.54) is 12.4 Å². The lowest BCUT2D eigenvalue weighted by Gasteiger charge is -2.14. The predicted octanol–water partition coefficient (Wildman–Crippen LogP) is 1.35. The third-order valence-electron chi connectivity index (χ3n) is 2.13. The minimum absolute atomic E-state index is 0.133. The second-order valence-electron chi connectivity index (χ2n) is 4.13. The molecular formula is C12H16N4O2. The molecule has 1 atom stereocenters. The summed E-state index contributed by atoms with van der Waals surface area (Å²) in [5, 5.41) is 11.7. The van der Waals surface area contributed by atoms with Gasteiger partial charge in [0.15, 0.2) is 11.5 Å². The number of rotatable bonds is 5. The van der Waals surface area contributed by atoms with Crippen LogP contribution in [0.5, 0.6) is 0 Å². The summed E-state index contributed by atoms with van der Waals surface area (Å²) in [7, 11) is 0. The first-order valence-corrected chi connectivity index (χ1v) is 5.70. The highest BCUT2D eigenvalue weighted by atomic mass is 16.5.